The average molecular weight is 140 g/mol. The predicted molar refractivity (Wildman–Crippen MR) is 38.4 cm³/mol. The van der Waals surface area contributed by atoms with E-state index in [0.717, 1.165) is 24.2 Å². The summed E-state index contributed by atoms with van der Waals surface area (Å²) in [7, 11) is 0. The lowest BCUT2D eigenvalue weighted by Gasteiger charge is -1.92. The summed E-state index contributed by atoms with van der Waals surface area (Å²) in [6.45, 7) is 2.57. The van der Waals surface area contributed by atoms with Crippen LogP contribution in [0.1, 0.15) is 24.7 Å². The highest BCUT2D eigenvalue weighted by Gasteiger charge is 2.03. The molecule has 0 saturated carbocycles. The zero-order valence-corrected chi connectivity index (χ0v) is 6.13. The Balaban J connectivity index is 2.70. The number of rotatable bonds is 3. The SMILES string of the molecule is CCCc1cnoc1CN. The first-order chi connectivity index (χ1) is 4.88. The van der Waals surface area contributed by atoms with Gasteiger partial charge in [0.1, 0.15) is 0 Å². The second-order valence-electron chi connectivity index (χ2n) is 2.23. The lowest BCUT2D eigenvalue weighted by atomic mass is 10.1. The molecule has 1 aromatic rings. The van der Waals surface area contributed by atoms with Crippen LogP contribution in [0.15, 0.2) is 10.7 Å². The Morgan fingerprint density at radius 1 is 1.70 bits per heavy atom. The van der Waals surface area contributed by atoms with Crippen LogP contribution in [-0.4, -0.2) is 5.16 Å². The van der Waals surface area contributed by atoms with E-state index in [1.165, 1.54) is 0 Å². The van der Waals surface area contributed by atoms with Crippen molar-refractivity contribution in [1.82, 2.24) is 5.16 Å². The molecule has 0 radical (unpaired) electrons. The fraction of sp³-hybridized carbons (Fsp3) is 0.571. The van der Waals surface area contributed by atoms with Gasteiger partial charge in [-0.05, 0) is 6.42 Å². The number of nitrogens with zero attached hydrogens (tertiary/aromatic N) is 1. The van der Waals surface area contributed by atoms with Gasteiger partial charge in [0.05, 0.1) is 12.7 Å². The van der Waals surface area contributed by atoms with E-state index in [9.17, 15) is 0 Å². The Hall–Kier alpha value is -0.830. The summed E-state index contributed by atoms with van der Waals surface area (Å²) >= 11 is 0. The summed E-state index contributed by atoms with van der Waals surface area (Å²) in [6, 6.07) is 0. The minimum atomic E-state index is 0.454. The maximum atomic E-state index is 5.39. The van der Waals surface area contributed by atoms with Crippen LogP contribution in [0, 0.1) is 0 Å². The zero-order valence-electron chi connectivity index (χ0n) is 6.13. The highest BCUT2D eigenvalue weighted by Crippen LogP contribution is 2.08. The van der Waals surface area contributed by atoms with Crippen LogP contribution in [-0.2, 0) is 13.0 Å². The quantitative estimate of drug-likeness (QED) is 0.683. The molecule has 0 spiro atoms. The molecule has 10 heavy (non-hydrogen) atoms. The van der Waals surface area contributed by atoms with Crippen molar-refractivity contribution in [3.63, 3.8) is 0 Å². The third-order valence-electron chi connectivity index (χ3n) is 1.43. The van der Waals surface area contributed by atoms with Gasteiger partial charge in [0, 0.05) is 5.56 Å². The molecule has 3 nitrogen and oxygen atoms in total. The Morgan fingerprint density at radius 2 is 2.50 bits per heavy atom. The first kappa shape index (κ1) is 7.28. The van der Waals surface area contributed by atoms with Crippen LogP contribution in [0.2, 0.25) is 0 Å². The van der Waals surface area contributed by atoms with Gasteiger partial charge < -0.3 is 10.3 Å². The molecule has 0 unspecified atom stereocenters. The van der Waals surface area contributed by atoms with E-state index < -0.39 is 0 Å². The van der Waals surface area contributed by atoms with Crippen LogP contribution < -0.4 is 5.73 Å². The van der Waals surface area contributed by atoms with Gasteiger partial charge in [-0.25, -0.2) is 0 Å². The molecule has 1 rings (SSSR count). The molecule has 2 N–H and O–H groups in total. The molecule has 3 heteroatoms. The number of hydrogen-bond acceptors (Lipinski definition) is 3. The summed E-state index contributed by atoms with van der Waals surface area (Å²) in [6.07, 6.45) is 3.86. The molecule has 1 aromatic heterocycles. The fourth-order valence-corrected chi connectivity index (χ4v) is 0.926. The van der Waals surface area contributed by atoms with Gasteiger partial charge in [0.25, 0.3) is 0 Å². The van der Waals surface area contributed by atoms with E-state index in [1.54, 1.807) is 6.20 Å². The van der Waals surface area contributed by atoms with E-state index in [1.807, 2.05) is 0 Å². The molecule has 0 fully saturated rings. The normalized spacial score (nSPS) is 10.2. The molecule has 0 bridgehead atoms. The Bertz CT molecular complexity index is 195. The predicted octanol–water partition coefficient (Wildman–Crippen LogP) is 1.09. The highest BCUT2D eigenvalue weighted by molar-refractivity contribution is 5.12. The van der Waals surface area contributed by atoms with Crippen LogP contribution in [0.25, 0.3) is 0 Å². The van der Waals surface area contributed by atoms with Gasteiger partial charge in [0.15, 0.2) is 5.76 Å². The summed E-state index contributed by atoms with van der Waals surface area (Å²) < 4.78 is 4.89. The van der Waals surface area contributed by atoms with Crippen LogP contribution in [0.4, 0.5) is 0 Å². The molecular weight excluding hydrogens is 128 g/mol. The largest absolute Gasteiger partial charge is 0.360 e. The molecule has 0 atom stereocenters. The fourth-order valence-electron chi connectivity index (χ4n) is 0.926. The summed E-state index contributed by atoms with van der Waals surface area (Å²) in [5.74, 6) is 0.821. The summed E-state index contributed by atoms with van der Waals surface area (Å²) in [5, 5.41) is 3.66. The number of hydrogen-bond donors (Lipinski definition) is 1. The Morgan fingerprint density at radius 3 is 3.10 bits per heavy atom. The third kappa shape index (κ3) is 1.36. The Labute approximate surface area is 60.2 Å². The van der Waals surface area contributed by atoms with Crippen LogP contribution in [0.5, 0.6) is 0 Å². The zero-order chi connectivity index (χ0) is 7.40. The van der Waals surface area contributed by atoms with Gasteiger partial charge in [-0.1, -0.05) is 18.5 Å². The maximum absolute atomic E-state index is 5.39. The van der Waals surface area contributed by atoms with Crippen molar-refractivity contribution in [3.8, 4) is 0 Å². The number of aromatic nitrogens is 1. The van der Waals surface area contributed by atoms with Gasteiger partial charge in [0.2, 0.25) is 0 Å². The molecular formula is C7H12N2O. The molecule has 0 amide bonds. The van der Waals surface area contributed by atoms with Crippen LogP contribution >= 0.6 is 0 Å². The lowest BCUT2D eigenvalue weighted by molar-refractivity contribution is 0.383. The van der Waals surface area contributed by atoms with Crippen molar-refractivity contribution < 1.29 is 4.52 Å². The van der Waals surface area contributed by atoms with Crippen molar-refractivity contribution in [2.75, 3.05) is 0 Å². The van der Waals surface area contributed by atoms with E-state index in [2.05, 4.69) is 12.1 Å². The van der Waals surface area contributed by atoms with E-state index in [0.29, 0.717) is 6.54 Å². The smallest absolute Gasteiger partial charge is 0.153 e. The first-order valence-electron chi connectivity index (χ1n) is 3.51. The van der Waals surface area contributed by atoms with Crippen molar-refractivity contribution >= 4 is 0 Å². The first-order valence-corrected chi connectivity index (χ1v) is 3.51. The second-order valence-corrected chi connectivity index (χ2v) is 2.23. The average Bonchev–Trinajstić information content (AvgIpc) is 2.36. The standard InChI is InChI=1S/C7H12N2O/c1-2-3-6-5-9-10-7(6)4-8/h5H,2-4,8H2,1H3. The van der Waals surface area contributed by atoms with Crippen molar-refractivity contribution in [2.45, 2.75) is 26.3 Å². The van der Waals surface area contributed by atoms with Gasteiger partial charge in [-0.3, -0.25) is 0 Å². The minimum absolute atomic E-state index is 0.454. The number of nitrogens with two attached hydrogens (primary N) is 1. The van der Waals surface area contributed by atoms with Crippen molar-refractivity contribution in [1.29, 1.82) is 0 Å². The summed E-state index contributed by atoms with van der Waals surface area (Å²) in [4.78, 5) is 0. The number of aryl methyl sites for hydroxylation is 1. The Kier molecular flexibility index (Phi) is 2.45. The van der Waals surface area contributed by atoms with E-state index in [-0.39, 0.29) is 0 Å². The topological polar surface area (TPSA) is 52.0 Å². The van der Waals surface area contributed by atoms with Crippen molar-refractivity contribution in [2.24, 2.45) is 5.73 Å². The molecule has 1 heterocycles. The highest BCUT2D eigenvalue weighted by atomic mass is 16.5. The molecule has 0 aliphatic rings. The summed E-state index contributed by atoms with van der Waals surface area (Å²) in [5.41, 5.74) is 6.54. The van der Waals surface area contributed by atoms with Gasteiger partial charge >= 0.3 is 0 Å². The van der Waals surface area contributed by atoms with Crippen LogP contribution in [0.3, 0.4) is 0 Å². The molecule has 0 aliphatic carbocycles. The van der Waals surface area contributed by atoms with E-state index >= 15 is 0 Å². The third-order valence-corrected chi connectivity index (χ3v) is 1.43. The minimum Gasteiger partial charge on any atom is -0.360 e. The van der Waals surface area contributed by atoms with Gasteiger partial charge in [-0.2, -0.15) is 0 Å². The molecule has 56 valence electrons. The molecule has 0 aromatic carbocycles. The lowest BCUT2D eigenvalue weighted by Crippen LogP contribution is -1.97. The molecule has 0 aliphatic heterocycles. The maximum Gasteiger partial charge on any atom is 0.153 e. The monoisotopic (exact) mass is 140 g/mol. The van der Waals surface area contributed by atoms with E-state index in [4.69, 9.17) is 10.3 Å². The van der Waals surface area contributed by atoms with Gasteiger partial charge in [-0.15, -0.1) is 0 Å². The van der Waals surface area contributed by atoms with Crippen molar-refractivity contribution in [3.05, 3.63) is 17.5 Å². The second kappa shape index (κ2) is 3.37. The molecule has 0 saturated heterocycles.